The van der Waals surface area contributed by atoms with Crippen LogP contribution in [-0.2, 0) is 4.79 Å². The van der Waals surface area contributed by atoms with Gasteiger partial charge in [-0.2, -0.15) is 0 Å². The van der Waals surface area contributed by atoms with Crippen LogP contribution in [0.25, 0.3) is 27.7 Å². The van der Waals surface area contributed by atoms with Gasteiger partial charge in [-0.25, -0.2) is 4.39 Å². The monoisotopic (exact) mass is 483 g/mol. The van der Waals surface area contributed by atoms with Crippen molar-refractivity contribution in [3.05, 3.63) is 87.9 Å². The fourth-order valence-electron chi connectivity index (χ4n) is 3.57. The number of amides is 1. The Morgan fingerprint density at radius 3 is 2.58 bits per heavy atom. The third-order valence-corrected chi connectivity index (χ3v) is 5.88. The summed E-state index contributed by atoms with van der Waals surface area (Å²) < 4.78 is 25.1. The molecule has 0 aliphatic carbocycles. The van der Waals surface area contributed by atoms with Crippen molar-refractivity contribution in [2.24, 2.45) is 0 Å². The average molecular weight is 484 g/mol. The molecule has 7 heteroatoms. The van der Waals surface area contributed by atoms with Crippen LogP contribution in [0.3, 0.4) is 0 Å². The fourth-order valence-corrected chi connectivity index (χ4v) is 4.08. The lowest BCUT2D eigenvalue weighted by atomic mass is 9.99. The summed E-state index contributed by atoms with van der Waals surface area (Å²) in [7, 11) is 1.55. The molecule has 1 N–H and O–H groups in total. The number of carbonyl (C=O) groups is 1. The van der Waals surface area contributed by atoms with E-state index in [1.807, 2.05) is 12.1 Å². The lowest BCUT2D eigenvalue weighted by Gasteiger charge is -2.11. The third-order valence-electron chi connectivity index (χ3n) is 5.33. The summed E-state index contributed by atoms with van der Waals surface area (Å²) in [6, 6.07) is 13.5. The predicted octanol–water partition coefficient (Wildman–Crippen LogP) is 7.90. The molecule has 0 spiro atoms. The number of fused-ring (bicyclic) bond motifs is 1. The van der Waals surface area contributed by atoms with Crippen molar-refractivity contribution < 1.29 is 18.3 Å². The minimum atomic E-state index is -0.383. The first-order valence-corrected chi connectivity index (χ1v) is 10.8. The van der Waals surface area contributed by atoms with E-state index >= 15 is 0 Å². The minimum Gasteiger partial charge on any atom is -0.496 e. The van der Waals surface area contributed by atoms with Crippen LogP contribution in [0.2, 0.25) is 10.0 Å². The van der Waals surface area contributed by atoms with Gasteiger partial charge in [0.05, 0.1) is 18.4 Å². The van der Waals surface area contributed by atoms with Crippen molar-refractivity contribution in [2.45, 2.75) is 13.8 Å². The summed E-state index contributed by atoms with van der Waals surface area (Å²) in [5.74, 6) is -0.214. The molecule has 1 aromatic heterocycles. The molecule has 3 aromatic carbocycles. The van der Waals surface area contributed by atoms with E-state index in [1.54, 1.807) is 57.6 Å². The molecule has 0 aliphatic rings. The first kappa shape index (κ1) is 22.9. The van der Waals surface area contributed by atoms with Crippen LogP contribution in [0.5, 0.6) is 5.75 Å². The third kappa shape index (κ3) is 4.75. The molecule has 0 saturated carbocycles. The van der Waals surface area contributed by atoms with Gasteiger partial charge in [0.1, 0.15) is 17.1 Å². The Morgan fingerprint density at radius 2 is 1.88 bits per heavy atom. The molecule has 168 valence electrons. The van der Waals surface area contributed by atoms with Crippen molar-refractivity contribution >= 4 is 51.3 Å². The normalized spacial score (nSPS) is 11.6. The summed E-state index contributed by atoms with van der Waals surface area (Å²) in [4.78, 5) is 12.6. The Kier molecular flexibility index (Phi) is 6.45. The number of aryl methyl sites for hydroxylation is 1. The van der Waals surface area contributed by atoms with Crippen molar-refractivity contribution in [1.29, 1.82) is 0 Å². The van der Waals surface area contributed by atoms with E-state index in [1.165, 1.54) is 12.1 Å². The van der Waals surface area contributed by atoms with E-state index in [4.69, 9.17) is 32.4 Å². The number of methoxy groups -OCH3 is 1. The molecule has 4 rings (SSSR count). The molecule has 0 saturated heterocycles. The highest BCUT2D eigenvalue weighted by Gasteiger charge is 2.16. The highest BCUT2D eigenvalue weighted by molar-refractivity contribution is 6.36. The Hall–Kier alpha value is -3.28. The smallest absolute Gasteiger partial charge is 0.248 e. The van der Waals surface area contributed by atoms with Gasteiger partial charge < -0.3 is 14.5 Å². The number of nitrogens with one attached hydrogen (secondary N) is 1. The zero-order chi connectivity index (χ0) is 23.7. The number of allylic oxidation sites excluding steroid dienone is 1. The topological polar surface area (TPSA) is 51.5 Å². The van der Waals surface area contributed by atoms with Gasteiger partial charge in [-0.15, -0.1) is 0 Å². The van der Waals surface area contributed by atoms with Crippen molar-refractivity contribution in [1.82, 2.24) is 0 Å². The second-order valence-electron chi connectivity index (χ2n) is 7.60. The predicted molar refractivity (Wildman–Crippen MR) is 132 cm³/mol. The Bertz CT molecular complexity index is 1410. The lowest BCUT2D eigenvalue weighted by Crippen LogP contribution is -2.09. The van der Waals surface area contributed by atoms with Gasteiger partial charge >= 0.3 is 0 Å². The maximum Gasteiger partial charge on any atom is 0.248 e. The van der Waals surface area contributed by atoms with E-state index in [9.17, 15) is 9.18 Å². The fraction of sp³-hybridized carbons (Fsp3) is 0.115. The van der Waals surface area contributed by atoms with Gasteiger partial charge in [0.15, 0.2) is 0 Å². The van der Waals surface area contributed by atoms with E-state index in [0.29, 0.717) is 43.8 Å². The molecule has 1 amide bonds. The number of rotatable bonds is 5. The highest BCUT2D eigenvalue weighted by atomic mass is 35.5. The minimum absolute atomic E-state index is 0.379. The van der Waals surface area contributed by atoms with Crippen molar-refractivity contribution in [3.8, 4) is 16.9 Å². The second-order valence-corrected chi connectivity index (χ2v) is 8.45. The Balaban J connectivity index is 1.72. The van der Waals surface area contributed by atoms with Crippen LogP contribution in [-0.4, -0.2) is 13.0 Å². The Morgan fingerprint density at radius 1 is 1.09 bits per heavy atom. The number of anilines is 1. The molecule has 33 heavy (non-hydrogen) atoms. The van der Waals surface area contributed by atoms with E-state index in [2.05, 4.69) is 5.32 Å². The molecule has 0 bridgehead atoms. The molecule has 4 aromatic rings. The maximum absolute atomic E-state index is 13.8. The summed E-state index contributed by atoms with van der Waals surface area (Å²) in [5.41, 5.74) is 4.44. The zero-order valence-electron chi connectivity index (χ0n) is 18.1. The van der Waals surface area contributed by atoms with Gasteiger partial charge in [0, 0.05) is 44.9 Å². The number of hydrogen-bond donors (Lipinski definition) is 1. The molecular weight excluding hydrogens is 464 g/mol. The summed E-state index contributed by atoms with van der Waals surface area (Å²) >= 11 is 12.4. The van der Waals surface area contributed by atoms with Crippen LogP contribution < -0.4 is 10.1 Å². The molecule has 0 fully saturated rings. The number of halogens is 3. The SMILES string of the molecule is COc1cc2occ(-c3ccc(Cl)cc3Cl)c2cc1/C(C)=C/C(=O)Nc1ccc(C)c(F)c1. The van der Waals surface area contributed by atoms with Gasteiger partial charge in [-0.3, -0.25) is 4.79 Å². The van der Waals surface area contributed by atoms with Crippen molar-refractivity contribution in [2.75, 3.05) is 12.4 Å². The first-order valence-electron chi connectivity index (χ1n) is 10.1. The number of ether oxygens (including phenoxy) is 1. The Labute approximate surface area is 200 Å². The van der Waals surface area contributed by atoms with Crippen LogP contribution in [0.15, 0.2) is 65.3 Å². The van der Waals surface area contributed by atoms with E-state index < -0.39 is 0 Å². The zero-order valence-corrected chi connectivity index (χ0v) is 19.6. The molecule has 0 unspecified atom stereocenters. The number of furan rings is 1. The molecule has 0 radical (unpaired) electrons. The number of carbonyl (C=O) groups excluding carboxylic acids is 1. The van der Waals surface area contributed by atoms with Gasteiger partial charge in [0.25, 0.3) is 0 Å². The second kappa shape index (κ2) is 9.30. The maximum atomic E-state index is 13.8. The van der Waals surface area contributed by atoms with Crippen LogP contribution in [0.4, 0.5) is 10.1 Å². The van der Waals surface area contributed by atoms with Gasteiger partial charge in [-0.1, -0.05) is 35.3 Å². The van der Waals surface area contributed by atoms with Crippen LogP contribution >= 0.6 is 23.2 Å². The first-order chi connectivity index (χ1) is 15.8. The molecule has 0 atom stereocenters. The van der Waals surface area contributed by atoms with Gasteiger partial charge in [0.2, 0.25) is 5.91 Å². The van der Waals surface area contributed by atoms with Crippen molar-refractivity contribution in [3.63, 3.8) is 0 Å². The lowest BCUT2D eigenvalue weighted by molar-refractivity contribution is -0.111. The molecular formula is C26H20Cl2FNO3. The standard InChI is InChI=1S/C26H20Cl2FNO3/c1-14-4-6-17(10-23(14)29)30-26(31)8-15(2)19-11-20-21(13-33-25(20)12-24(19)32-3)18-7-5-16(27)9-22(18)28/h4-13H,1-3H3,(H,30,31)/b15-8+. The van der Waals surface area contributed by atoms with E-state index in [0.717, 1.165) is 16.5 Å². The van der Waals surface area contributed by atoms with E-state index in [-0.39, 0.29) is 11.7 Å². The molecule has 1 heterocycles. The van der Waals surface area contributed by atoms with Crippen LogP contribution in [0, 0.1) is 12.7 Å². The summed E-state index contributed by atoms with van der Waals surface area (Å²) in [5, 5.41) is 4.53. The van der Waals surface area contributed by atoms with Crippen LogP contribution in [0.1, 0.15) is 18.1 Å². The molecule has 4 nitrogen and oxygen atoms in total. The molecule has 0 aliphatic heterocycles. The average Bonchev–Trinajstić information content (AvgIpc) is 3.18. The number of hydrogen-bond acceptors (Lipinski definition) is 3. The highest BCUT2D eigenvalue weighted by Crippen LogP contribution is 2.40. The summed E-state index contributed by atoms with van der Waals surface area (Å²) in [6.45, 7) is 3.46. The summed E-state index contributed by atoms with van der Waals surface area (Å²) in [6.07, 6.45) is 3.07. The quantitative estimate of drug-likeness (QED) is 0.293. The largest absolute Gasteiger partial charge is 0.496 e. The van der Waals surface area contributed by atoms with Gasteiger partial charge in [-0.05, 0) is 55.3 Å². The number of benzene rings is 3.